The van der Waals surface area contributed by atoms with Crippen LogP contribution in [-0.2, 0) is 13.7 Å². The number of rotatable bonds is 4. The number of ether oxygens (including phenoxy) is 1. The number of hydrogen-bond donors (Lipinski definition) is 1. The fraction of sp³-hybridized carbons (Fsp3) is 0.182. The average molecular weight is 233 g/mol. The molecule has 0 spiro atoms. The number of carboxylic acid groups (broad SMARTS) is 1. The lowest BCUT2D eigenvalue weighted by atomic mass is 10.2. The second-order valence-corrected chi connectivity index (χ2v) is 3.42. The highest BCUT2D eigenvalue weighted by Gasteiger charge is 2.05. The number of hydrogen-bond acceptors (Lipinski definition) is 4. The summed E-state index contributed by atoms with van der Waals surface area (Å²) in [5.41, 5.74) is 0.195. The van der Waals surface area contributed by atoms with Crippen LogP contribution in [0.2, 0.25) is 0 Å². The molecule has 0 unspecified atom stereocenters. The van der Waals surface area contributed by atoms with Gasteiger partial charge in [0.25, 0.3) is 0 Å². The summed E-state index contributed by atoms with van der Waals surface area (Å²) in [6.07, 6.45) is 1.44. The minimum atomic E-state index is -0.978. The molecule has 0 aliphatic carbocycles. The van der Waals surface area contributed by atoms with E-state index in [-0.39, 0.29) is 12.2 Å². The summed E-state index contributed by atoms with van der Waals surface area (Å²) in [4.78, 5) is 14.8. The molecule has 1 aromatic carbocycles. The van der Waals surface area contributed by atoms with E-state index in [1.54, 1.807) is 23.9 Å². The van der Waals surface area contributed by atoms with Crippen molar-refractivity contribution < 1.29 is 14.6 Å². The normalized spacial score (nSPS) is 10.2. The maximum atomic E-state index is 10.8. The molecule has 2 aromatic rings. The Morgan fingerprint density at radius 1 is 1.53 bits per heavy atom. The number of aromatic carboxylic acids is 1. The molecule has 0 aliphatic heterocycles. The fourth-order valence-electron chi connectivity index (χ4n) is 1.32. The second kappa shape index (κ2) is 4.65. The Bertz CT molecular complexity index is 536. The van der Waals surface area contributed by atoms with E-state index in [1.807, 2.05) is 0 Å². The minimum absolute atomic E-state index is 0.195. The van der Waals surface area contributed by atoms with Crippen LogP contribution >= 0.6 is 0 Å². The van der Waals surface area contributed by atoms with Gasteiger partial charge in [0, 0.05) is 7.05 Å². The van der Waals surface area contributed by atoms with Gasteiger partial charge in [-0.1, -0.05) is 6.07 Å². The van der Waals surface area contributed by atoms with Crippen molar-refractivity contribution >= 4 is 5.97 Å². The Kier molecular flexibility index (Phi) is 3.04. The lowest BCUT2D eigenvalue weighted by Crippen LogP contribution is -2.05. The summed E-state index contributed by atoms with van der Waals surface area (Å²) < 4.78 is 7.03. The second-order valence-electron chi connectivity index (χ2n) is 3.42. The van der Waals surface area contributed by atoms with Gasteiger partial charge in [-0.2, -0.15) is 5.10 Å². The molecular formula is C11H11N3O3. The van der Waals surface area contributed by atoms with Gasteiger partial charge < -0.3 is 9.84 Å². The topological polar surface area (TPSA) is 77.2 Å². The molecule has 1 heterocycles. The summed E-state index contributed by atoms with van der Waals surface area (Å²) in [5, 5.41) is 12.7. The SMILES string of the molecule is Cn1ncnc1COc1cccc(C(=O)O)c1. The first-order chi connectivity index (χ1) is 8.16. The zero-order valence-corrected chi connectivity index (χ0v) is 9.20. The van der Waals surface area contributed by atoms with Crippen LogP contribution in [0.15, 0.2) is 30.6 Å². The minimum Gasteiger partial charge on any atom is -0.486 e. The smallest absolute Gasteiger partial charge is 0.335 e. The number of carbonyl (C=O) groups is 1. The van der Waals surface area contributed by atoms with E-state index >= 15 is 0 Å². The van der Waals surface area contributed by atoms with Gasteiger partial charge in [0.2, 0.25) is 0 Å². The highest BCUT2D eigenvalue weighted by atomic mass is 16.5. The Morgan fingerprint density at radius 3 is 3.00 bits per heavy atom. The molecule has 2 rings (SSSR count). The van der Waals surface area contributed by atoms with Gasteiger partial charge in [-0.05, 0) is 18.2 Å². The average Bonchev–Trinajstić information content (AvgIpc) is 2.72. The molecule has 17 heavy (non-hydrogen) atoms. The molecule has 0 fully saturated rings. The molecule has 1 aromatic heterocycles. The molecular weight excluding hydrogens is 222 g/mol. The van der Waals surface area contributed by atoms with Crippen molar-refractivity contribution in [3.63, 3.8) is 0 Å². The van der Waals surface area contributed by atoms with Crippen LogP contribution in [0.5, 0.6) is 5.75 Å². The molecule has 6 nitrogen and oxygen atoms in total. The molecule has 0 saturated heterocycles. The predicted molar refractivity (Wildman–Crippen MR) is 58.7 cm³/mol. The third-order valence-electron chi connectivity index (χ3n) is 2.25. The summed E-state index contributed by atoms with van der Waals surface area (Å²) in [7, 11) is 1.76. The summed E-state index contributed by atoms with van der Waals surface area (Å²) >= 11 is 0. The maximum Gasteiger partial charge on any atom is 0.335 e. The standard InChI is InChI=1S/C11H11N3O3/c1-14-10(12-7-13-14)6-17-9-4-2-3-8(5-9)11(15)16/h2-5,7H,6H2,1H3,(H,15,16). The zero-order valence-electron chi connectivity index (χ0n) is 9.20. The van der Waals surface area contributed by atoms with Gasteiger partial charge in [0.1, 0.15) is 18.7 Å². The fourth-order valence-corrected chi connectivity index (χ4v) is 1.32. The Morgan fingerprint density at radius 2 is 2.35 bits per heavy atom. The van der Waals surface area contributed by atoms with Crippen molar-refractivity contribution in [3.8, 4) is 5.75 Å². The molecule has 0 aliphatic rings. The Balaban J connectivity index is 2.07. The molecule has 0 atom stereocenters. The number of carboxylic acids is 1. The van der Waals surface area contributed by atoms with Crippen LogP contribution in [0, 0.1) is 0 Å². The quantitative estimate of drug-likeness (QED) is 0.855. The lowest BCUT2D eigenvalue weighted by Gasteiger charge is -2.05. The number of aromatic nitrogens is 3. The van der Waals surface area contributed by atoms with Gasteiger partial charge in [-0.3, -0.25) is 4.68 Å². The summed E-state index contributed by atoms with van der Waals surface area (Å²) in [5.74, 6) is 0.188. The summed E-state index contributed by atoms with van der Waals surface area (Å²) in [6, 6.07) is 6.31. The monoisotopic (exact) mass is 233 g/mol. The van der Waals surface area contributed by atoms with Crippen molar-refractivity contribution in [2.45, 2.75) is 6.61 Å². The molecule has 0 bridgehead atoms. The molecule has 6 heteroatoms. The van der Waals surface area contributed by atoms with Crippen LogP contribution < -0.4 is 4.74 Å². The van der Waals surface area contributed by atoms with E-state index in [0.717, 1.165) is 0 Å². The molecule has 88 valence electrons. The maximum absolute atomic E-state index is 10.8. The van der Waals surface area contributed by atoms with Crippen molar-refractivity contribution in [3.05, 3.63) is 42.0 Å². The van der Waals surface area contributed by atoms with Crippen LogP contribution in [0.1, 0.15) is 16.2 Å². The van der Waals surface area contributed by atoms with Crippen molar-refractivity contribution in [1.82, 2.24) is 14.8 Å². The Labute approximate surface area is 97.5 Å². The number of aryl methyl sites for hydroxylation is 1. The molecule has 0 saturated carbocycles. The summed E-state index contributed by atoms with van der Waals surface area (Å²) in [6.45, 7) is 0.250. The van der Waals surface area contributed by atoms with Crippen LogP contribution in [0.3, 0.4) is 0 Å². The predicted octanol–water partition coefficient (Wildman–Crippen LogP) is 1.09. The van der Waals surface area contributed by atoms with Crippen LogP contribution in [-0.4, -0.2) is 25.8 Å². The van der Waals surface area contributed by atoms with Gasteiger partial charge >= 0.3 is 5.97 Å². The van der Waals surface area contributed by atoms with E-state index in [0.29, 0.717) is 11.6 Å². The largest absolute Gasteiger partial charge is 0.486 e. The first-order valence-corrected chi connectivity index (χ1v) is 4.96. The lowest BCUT2D eigenvalue weighted by molar-refractivity contribution is 0.0696. The van der Waals surface area contributed by atoms with E-state index in [4.69, 9.17) is 9.84 Å². The van der Waals surface area contributed by atoms with Crippen molar-refractivity contribution in [2.24, 2.45) is 7.05 Å². The van der Waals surface area contributed by atoms with Crippen molar-refractivity contribution in [1.29, 1.82) is 0 Å². The number of nitrogens with zero attached hydrogens (tertiary/aromatic N) is 3. The van der Waals surface area contributed by atoms with E-state index < -0.39 is 5.97 Å². The molecule has 0 amide bonds. The zero-order chi connectivity index (χ0) is 12.3. The number of benzene rings is 1. The Hall–Kier alpha value is -2.37. The van der Waals surface area contributed by atoms with E-state index in [1.165, 1.54) is 18.5 Å². The third kappa shape index (κ3) is 2.60. The third-order valence-corrected chi connectivity index (χ3v) is 2.25. The van der Waals surface area contributed by atoms with Gasteiger partial charge in [0.05, 0.1) is 5.56 Å². The first-order valence-electron chi connectivity index (χ1n) is 4.96. The van der Waals surface area contributed by atoms with E-state index in [2.05, 4.69) is 10.1 Å². The molecule has 1 N–H and O–H groups in total. The van der Waals surface area contributed by atoms with Crippen molar-refractivity contribution in [2.75, 3.05) is 0 Å². The first kappa shape index (κ1) is 11.1. The van der Waals surface area contributed by atoms with Crippen LogP contribution in [0.4, 0.5) is 0 Å². The van der Waals surface area contributed by atoms with E-state index in [9.17, 15) is 4.79 Å². The molecule has 0 radical (unpaired) electrons. The van der Waals surface area contributed by atoms with Gasteiger partial charge in [-0.25, -0.2) is 9.78 Å². The highest BCUT2D eigenvalue weighted by Crippen LogP contribution is 2.14. The highest BCUT2D eigenvalue weighted by molar-refractivity contribution is 5.87. The van der Waals surface area contributed by atoms with Gasteiger partial charge in [0.15, 0.2) is 5.82 Å². The van der Waals surface area contributed by atoms with Crippen LogP contribution in [0.25, 0.3) is 0 Å². The van der Waals surface area contributed by atoms with Gasteiger partial charge in [-0.15, -0.1) is 0 Å².